The van der Waals surface area contributed by atoms with Gasteiger partial charge in [0.05, 0.1) is 13.0 Å². The first-order valence-corrected chi connectivity index (χ1v) is 4.39. The van der Waals surface area contributed by atoms with E-state index in [9.17, 15) is 4.79 Å². The Kier molecular flexibility index (Phi) is 2.37. The SMILES string of the molecule is O=C(O)Cc1ccc2c(c1)CCOO2. The molecule has 0 radical (unpaired) electrons. The zero-order chi connectivity index (χ0) is 9.97. The molecule has 74 valence electrons. The number of hydrogen-bond donors (Lipinski definition) is 1. The van der Waals surface area contributed by atoms with Gasteiger partial charge in [0.25, 0.3) is 0 Å². The predicted octanol–water partition coefficient (Wildman–Crippen LogP) is 1.18. The van der Waals surface area contributed by atoms with E-state index in [4.69, 9.17) is 14.9 Å². The monoisotopic (exact) mass is 194 g/mol. The Morgan fingerprint density at radius 2 is 2.36 bits per heavy atom. The van der Waals surface area contributed by atoms with Gasteiger partial charge in [-0.3, -0.25) is 4.79 Å². The number of hydrogen-bond acceptors (Lipinski definition) is 3. The van der Waals surface area contributed by atoms with E-state index < -0.39 is 5.97 Å². The van der Waals surface area contributed by atoms with Gasteiger partial charge >= 0.3 is 5.97 Å². The van der Waals surface area contributed by atoms with Gasteiger partial charge in [-0.1, -0.05) is 12.1 Å². The number of rotatable bonds is 2. The lowest BCUT2D eigenvalue weighted by molar-refractivity contribution is -0.215. The highest BCUT2D eigenvalue weighted by Crippen LogP contribution is 2.24. The Hall–Kier alpha value is -1.55. The molecule has 0 unspecified atom stereocenters. The Morgan fingerprint density at radius 1 is 1.50 bits per heavy atom. The number of carbonyl (C=O) groups is 1. The Morgan fingerprint density at radius 3 is 3.14 bits per heavy atom. The summed E-state index contributed by atoms with van der Waals surface area (Å²) >= 11 is 0. The van der Waals surface area contributed by atoms with Crippen molar-refractivity contribution >= 4 is 5.97 Å². The van der Waals surface area contributed by atoms with Crippen molar-refractivity contribution in [2.45, 2.75) is 12.8 Å². The molecule has 2 rings (SSSR count). The molecule has 0 aliphatic carbocycles. The van der Waals surface area contributed by atoms with E-state index in [-0.39, 0.29) is 6.42 Å². The summed E-state index contributed by atoms with van der Waals surface area (Å²) in [6.07, 6.45) is 0.816. The molecule has 0 bridgehead atoms. The maximum atomic E-state index is 10.5. The standard InChI is InChI=1S/C10H10O4/c11-10(12)6-7-1-2-9-8(5-7)3-4-13-14-9/h1-2,5H,3-4,6H2,(H,11,12). The van der Waals surface area contributed by atoms with Crippen LogP contribution in [0.5, 0.6) is 5.75 Å². The van der Waals surface area contributed by atoms with Gasteiger partial charge < -0.3 is 9.99 Å². The molecule has 1 aromatic carbocycles. The highest BCUT2D eigenvalue weighted by molar-refractivity contribution is 5.70. The zero-order valence-corrected chi connectivity index (χ0v) is 7.53. The van der Waals surface area contributed by atoms with Gasteiger partial charge in [-0.2, -0.15) is 4.89 Å². The fourth-order valence-electron chi connectivity index (χ4n) is 1.45. The van der Waals surface area contributed by atoms with Crippen LogP contribution >= 0.6 is 0 Å². The quantitative estimate of drug-likeness (QED) is 0.718. The molecule has 0 fully saturated rings. The molecule has 0 saturated carbocycles. The third-order valence-corrected chi connectivity index (χ3v) is 2.08. The average molecular weight is 194 g/mol. The van der Waals surface area contributed by atoms with Crippen molar-refractivity contribution in [3.8, 4) is 5.75 Å². The van der Waals surface area contributed by atoms with Crippen LogP contribution in [0, 0.1) is 0 Å². The van der Waals surface area contributed by atoms with Crippen molar-refractivity contribution in [3.63, 3.8) is 0 Å². The highest BCUT2D eigenvalue weighted by atomic mass is 17.2. The van der Waals surface area contributed by atoms with Gasteiger partial charge in [0.1, 0.15) is 0 Å². The lowest BCUT2D eigenvalue weighted by Crippen LogP contribution is -2.11. The topological polar surface area (TPSA) is 55.8 Å². The van der Waals surface area contributed by atoms with Crippen LogP contribution in [0.3, 0.4) is 0 Å². The molecule has 14 heavy (non-hydrogen) atoms. The van der Waals surface area contributed by atoms with Crippen LogP contribution in [-0.4, -0.2) is 17.7 Å². The molecule has 1 aliphatic rings. The summed E-state index contributed by atoms with van der Waals surface area (Å²) in [6, 6.07) is 5.33. The van der Waals surface area contributed by atoms with Crippen molar-refractivity contribution in [1.82, 2.24) is 0 Å². The maximum absolute atomic E-state index is 10.5. The number of aliphatic carboxylic acids is 1. The third kappa shape index (κ3) is 1.85. The van der Waals surface area contributed by atoms with Crippen LogP contribution in [0.25, 0.3) is 0 Å². The first kappa shape index (κ1) is 9.02. The Labute approximate surface area is 81.0 Å². The van der Waals surface area contributed by atoms with Gasteiger partial charge in [0.15, 0.2) is 5.75 Å². The molecular formula is C10H10O4. The van der Waals surface area contributed by atoms with Crippen LogP contribution in [-0.2, 0) is 22.5 Å². The second kappa shape index (κ2) is 3.67. The van der Waals surface area contributed by atoms with E-state index in [2.05, 4.69) is 0 Å². The van der Waals surface area contributed by atoms with Crippen molar-refractivity contribution in [2.24, 2.45) is 0 Å². The molecule has 1 N–H and O–H groups in total. The van der Waals surface area contributed by atoms with E-state index >= 15 is 0 Å². The molecule has 1 aliphatic heterocycles. The number of benzene rings is 1. The van der Waals surface area contributed by atoms with Crippen LogP contribution in [0.1, 0.15) is 11.1 Å². The van der Waals surface area contributed by atoms with Gasteiger partial charge in [-0.25, -0.2) is 0 Å². The first-order chi connectivity index (χ1) is 6.75. The Bertz CT molecular complexity index is 359. The fraction of sp³-hybridized carbons (Fsp3) is 0.300. The third-order valence-electron chi connectivity index (χ3n) is 2.08. The second-order valence-electron chi connectivity index (χ2n) is 3.17. The number of carboxylic acid groups (broad SMARTS) is 1. The van der Waals surface area contributed by atoms with Crippen molar-refractivity contribution in [2.75, 3.05) is 6.61 Å². The summed E-state index contributed by atoms with van der Waals surface area (Å²) in [7, 11) is 0. The minimum atomic E-state index is -0.821. The number of carboxylic acids is 1. The number of fused-ring (bicyclic) bond motifs is 1. The molecule has 0 spiro atoms. The summed E-state index contributed by atoms with van der Waals surface area (Å²) in [4.78, 5) is 20.2. The summed E-state index contributed by atoms with van der Waals surface area (Å²) < 4.78 is 0. The smallest absolute Gasteiger partial charge is 0.307 e. The van der Waals surface area contributed by atoms with Crippen LogP contribution in [0.4, 0.5) is 0 Å². The van der Waals surface area contributed by atoms with Crippen molar-refractivity contribution in [3.05, 3.63) is 29.3 Å². The van der Waals surface area contributed by atoms with Gasteiger partial charge in [0.2, 0.25) is 0 Å². The lowest BCUT2D eigenvalue weighted by atomic mass is 10.0. The molecule has 0 amide bonds. The van der Waals surface area contributed by atoms with Crippen LogP contribution < -0.4 is 4.89 Å². The molecule has 4 heteroatoms. The van der Waals surface area contributed by atoms with Crippen molar-refractivity contribution in [1.29, 1.82) is 0 Å². The van der Waals surface area contributed by atoms with Gasteiger partial charge in [-0.05, 0) is 11.6 Å². The highest BCUT2D eigenvalue weighted by Gasteiger charge is 2.12. The second-order valence-corrected chi connectivity index (χ2v) is 3.17. The molecule has 0 aromatic heterocycles. The minimum absolute atomic E-state index is 0.0497. The summed E-state index contributed by atoms with van der Waals surface area (Å²) in [5, 5.41) is 8.62. The first-order valence-electron chi connectivity index (χ1n) is 4.39. The van der Waals surface area contributed by atoms with Crippen molar-refractivity contribution < 1.29 is 19.7 Å². The minimum Gasteiger partial charge on any atom is -0.481 e. The molecule has 1 heterocycles. The largest absolute Gasteiger partial charge is 0.481 e. The van der Waals surface area contributed by atoms with Gasteiger partial charge in [-0.15, -0.1) is 0 Å². The lowest BCUT2D eigenvalue weighted by Gasteiger charge is -2.15. The van der Waals surface area contributed by atoms with Gasteiger partial charge in [0, 0.05) is 12.0 Å². The summed E-state index contributed by atoms with van der Waals surface area (Å²) in [6.45, 7) is 0.517. The Balaban J connectivity index is 2.24. The van der Waals surface area contributed by atoms with E-state index in [0.717, 1.165) is 17.5 Å². The molecule has 0 saturated heterocycles. The van der Waals surface area contributed by atoms with E-state index in [0.29, 0.717) is 12.4 Å². The summed E-state index contributed by atoms with van der Waals surface area (Å²) in [5.74, 6) is -0.136. The van der Waals surface area contributed by atoms with E-state index in [1.54, 1.807) is 12.1 Å². The average Bonchev–Trinajstić information content (AvgIpc) is 2.17. The fourth-order valence-corrected chi connectivity index (χ4v) is 1.45. The normalized spacial score (nSPS) is 14.3. The van der Waals surface area contributed by atoms with E-state index in [1.807, 2.05) is 6.07 Å². The summed E-state index contributed by atoms with van der Waals surface area (Å²) in [5.41, 5.74) is 1.80. The van der Waals surface area contributed by atoms with Crippen LogP contribution in [0.15, 0.2) is 18.2 Å². The molecular weight excluding hydrogens is 184 g/mol. The molecule has 4 nitrogen and oxygen atoms in total. The molecule has 0 atom stereocenters. The zero-order valence-electron chi connectivity index (χ0n) is 7.53. The predicted molar refractivity (Wildman–Crippen MR) is 48.1 cm³/mol. The molecule has 1 aromatic rings. The maximum Gasteiger partial charge on any atom is 0.307 e. The van der Waals surface area contributed by atoms with Crippen LogP contribution in [0.2, 0.25) is 0 Å². The van der Waals surface area contributed by atoms with E-state index in [1.165, 1.54) is 0 Å².